The van der Waals surface area contributed by atoms with Crippen molar-refractivity contribution in [1.29, 1.82) is 0 Å². The van der Waals surface area contributed by atoms with Gasteiger partial charge < -0.3 is 24.5 Å². The molecule has 0 aliphatic carbocycles. The molecule has 1 heterocycles. The summed E-state index contributed by atoms with van der Waals surface area (Å²) in [6, 6.07) is 12.4. The Hall–Kier alpha value is -1.62. The first-order valence-electron chi connectivity index (χ1n) is 11.7. The third kappa shape index (κ3) is 13.0. The van der Waals surface area contributed by atoms with Crippen LogP contribution in [0.1, 0.15) is 43.6 Å². The number of furan rings is 1. The van der Waals surface area contributed by atoms with Crippen LogP contribution >= 0.6 is 24.0 Å². The van der Waals surface area contributed by atoms with Crippen molar-refractivity contribution in [3.05, 3.63) is 59.5 Å². The number of hydrogen-bond donors (Lipinski definition) is 2. The molecule has 0 aliphatic heterocycles. The molecule has 0 amide bonds. The van der Waals surface area contributed by atoms with Gasteiger partial charge in [-0.25, -0.2) is 4.99 Å². The third-order valence-corrected chi connectivity index (χ3v) is 4.87. The lowest BCUT2D eigenvalue weighted by Crippen LogP contribution is -2.39. The number of hydrogen-bond acceptors (Lipinski definition) is 5. The fraction of sp³-hybridized carbons (Fsp3) is 0.560. The predicted molar refractivity (Wildman–Crippen MR) is 145 cm³/mol. The van der Waals surface area contributed by atoms with Gasteiger partial charge in [0.15, 0.2) is 5.96 Å². The van der Waals surface area contributed by atoms with Crippen molar-refractivity contribution in [2.75, 3.05) is 46.6 Å². The minimum absolute atomic E-state index is 0. The Bertz CT molecular complexity index is 756. The van der Waals surface area contributed by atoms with E-state index in [1.54, 1.807) is 6.26 Å². The van der Waals surface area contributed by atoms with E-state index in [9.17, 15) is 0 Å². The molecule has 0 atom stereocenters. The molecule has 0 bridgehead atoms. The smallest absolute Gasteiger partial charge is 0.191 e. The van der Waals surface area contributed by atoms with E-state index in [1.807, 2.05) is 12.1 Å². The average Bonchev–Trinajstić information content (AvgIpc) is 3.30. The zero-order chi connectivity index (χ0) is 22.9. The zero-order valence-corrected chi connectivity index (χ0v) is 22.7. The summed E-state index contributed by atoms with van der Waals surface area (Å²) in [7, 11) is 2.10. The summed E-state index contributed by atoms with van der Waals surface area (Å²) in [5.74, 6) is 1.77. The molecule has 2 N–H and O–H groups in total. The number of benzene rings is 1. The molecule has 0 unspecified atom stereocenters. The molecule has 2 rings (SSSR count). The topological polar surface area (TPSA) is 71.3 Å². The first kappa shape index (κ1) is 29.4. The van der Waals surface area contributed by atoms with Crippen LogP contribution in [0.15, 0.2) is 52.1 Å². The van der Waals surface area contributed by atoms with Gasteiger partial charge in [0.1, 0.15) is 5.76 Å². The molecule has 7 nitrogen and oxygen atoms in total. The normalized spacial score (nSPS) is 11.5. The third-order valence-electron chi connectivity index (χ3n) is 4.87. The SMILES string of the molecule is CCCCOCCOCCNC(=NCc1ccccc1CN(C)Cc1ccco1)NCC.I. The lowest BCUT2D eigenvalue weighted by Gasteiger charge is -2.18. The predicted octanol–water partition coefficient (Wildman–Crippen LogP) is 4.42. The highest BCUT2D eigenvalue weighted by atomic mass is 127. The number of unbranched alkanes of at least 4 members (excludes halogenated alkanes) is 1. The largest absolute Gasteiger partial charge is 0.468 e. The van der Waals surface area contributed by atoms with Gasteiger partial charge in [-0.2, -0.15) is 0 Å². The van der Waals surface area contributed by atoms with Crippen LogP contribution in [-0.2, 0) is 29.1 Å². The maximum absolute atomic E-state index is 5.63. The van der Waals surface area contributed by atoms with Crippen LogP contribution in [0.25, 0.3) is 0 Å². The summed E-state index contributed by atoms with van der Waals surface area (Å²) in [6.45, 7) is 10.7. The Kier molecular flexibility index (Phi) is 16.7. The maximum atomic E-state index is 5.63. The standard InChI is InChI=1S/C25H40N4O3.HI/c1-4-6-14-30-17-18-31-16-13-27-25(26-5-2)28-19-22-10-7-8-11-23(22)20-29(3)21-24-12-9-15-32-24;/h7-12,15H,4-6,13-14,16-21H2,1-3H3,(H2,26,27,28);1H. The van der Waals surface area contributed by atoms with Gasteiger partial charge in [-0.05, 0) is 43.7 Å². The highest BCUT2D eigenvalue weighted by Gasteiger charge is 2.08. The second-order valence-corrected chi connectivity index (χ2v) is 7.72. The van der Waals surface area contributed by atoms with Crippen molar-refractivity contribution in [3.63, 3.8) is 0 Å². The summed E-state index contributed by atoms with van der Waals surface area (Å²) in [4.78, 5) is 7.02. The molecular weight excluding hydrogens is 531 g/mol. The Morgan fingerprint density at radius 2 is 1.70 bits per heavy atom. The second kappa shape index (κ2) is 18.8. The van der Waals surface area contributed by atoms with Gasteiger partial charge in [0.05, 0.1) is 39.2 Å². The van der Waals surface area contributed by atoms with Crippen molar-refractivity contribution >= 4 is 29.9 Å². The number of rotatable bonds is 16. The fourth-order valence-electron chi connectivity index (χ4n) is 3.20. The summed E-state index contributed by atoms with van der Waals surface area (Å²) >= 11 is 0. The number of aliphatic imine (C=N–C) groups is 1. The van der Waals surface area contributed by atoms with E-state index in [0.717, 1.165) is 50.8 Å². The monoisotopic (exact) mass is 572 g/mol. The van der Waals surface area contributed by atoms with Crippen LogP contribution < -0.4 is 10.6 Å². The van der Waals surface area contributed by atoms with E-state index in [2.05, 4.69) is 60.7 Å². The maximum Gasteiger partial charge on any atom is 0.191 e. The molecule has 33 heavy (non-hydrogen) atoms. The van der Waals surface area contributed by atoms with Crippen LogP contribution in [0.5, 0.6) is 0 Å². The van der Waals surface area contributed by atoms with Crippen molar-refractivity contribution in [2.45, 2.75) is 46.3 Å². The van der Waals surface area contributed by atoms with Crippen molar-refractivity contribution in [3.8, 4) is 0 Å². The highest BCUT2D eigenvalue weighted by molar-refractivity contribution is 14.0. The molecule has 1 aromatic carbocycles. The van der Waals surface area contributed by atoms with Gasteiger partial charge in [0, 0.05) is 26.2 Å². The van der Waals surface area contributed by atoms with Crippen LogP contribution in [0.3, 0.4) is 0 Å². The zero-order valence-electron chi connectivity index (χ0n) is 20.3. The van der Waals surface area contributed by atoms with Crippen LogP contribution in [0.2, 0.25) is 0 Å². The van der Waals surface area contributed by atoms with Crippen molar-refractivity contribution < 1.29 is 13.9 Å². The average molecular weight is 573 g/mol. The second-order valence-electron chi connectivity index (χ2n) is 7.72. The summed E-state index contributed by atoms with van der Waals surface area (Å²) in [5, 5.41) is 6.65. The van der Waals surface area contributed by atoms with E-state index >= 15 is 0 Å². The number of nitrogens with one attached hydrogen (secondary N) is 2. The van der Waals surface area contributed by atoms with Gasteiger partial charge in [0.25, 0.3) is 0 Å². The van der Waals surface area contributed by atoms with Gasteiger partial charge in [0.2, 0.25) is 0 Å². The molecule has 0 saturated heterocycles. The lowest BCUT2D eigenvalue weighted by molar-refractivity contribution is 0.0487. The van der Waals surface area contributed by atoms with Gasteiger partial charge in [-0.15, -0.1) is 24.0 Å². The van der Waals surface area contributed by atoms with Crippen molar-refractivity contribution in [1.82, 2.24) is 15.5 Å². The first-order valence-corrected chi connectivity index (χ1v) is 11.7. The Morgan fingerprint density at radius 1 is 0.939 bits per heavy atom. The molecule has 0 spiro atoms. The molecule has 0 saturated carbocycles. The van der Waals surface area contributed by atoms with E-state index < -0.39 is 0 Å². The molecule has 2 aromatic rings. The number of nitrogens with zero attached hydrogens (tertiary/aromatic N) is 2. The van der Waals surface area contributed by atoms with Crippen molar-refractivity contribution in [2.24, 2.45) is 4.99 Å². The molecule has 8 heteroatoms. The first-order chi connectivity index (χ1) is 15.7. The molecule has 0 radical (unpaired) electrons. The number of guanidine groups is 1. The van der Waals surface area contributed by atoms with Gasteiger partial charge >= 0.3 is 0 Å². The van der Waals surface area contributed by atoms with E-state index in [4.69, 9.17) is 18.9 Å². The van der Waals surface area contributed by atoms with Crippen LogP contribution in [0.4, 0.5) is 0 Å². The molecule has 1 aromatic heterocycles. The minimum Gasteiger partial charge on any atom is -0.468 e. The fourth-order valence-corrected chi connectivity index (χ4v) is 3.20. The highest BCUT2D eigenvalue weighted by Crippen LogP contribution is 2.14. The summed E-state index contributed by atoms with van der Waals surface area (Å²) < 4.78 is 16.6. The summed E-state index contributed by atoms with van der Waals surface area (Å²) in [6.07, 6.45) is 3.98. The number of ether oxygens (including phenoxy) is 2. The number of halogens is 1. The van der Waals surface area contributed by atoms with Gasteiger partial charge in [-0.1, -0.05) is 37.6 Å². The molecule has 0 aliphatic rings. The Labute approximate surface area is 216 Å². The molecular formula is C25H41IN4O3. The Morgan fingerprint density at radius 3 is 2.39 bits per heavy atom. The van der Waals surface area contributed by atoms with Crippen LogP contribution in [-0.4, -0.2) is 57.4 Å². The van der Waals surface area contributed by atoms with E-state index in [-0.39, 0.29) is 24.0 Å². The lowest BCUT2D eigenvalue weighted by atomic mass is 10.1. The van der Waals surface area contributed by atoms with Gasteiger partial charge in [-0.3, -0.25) is 4.90 Å². The van der Waals surface area contributed by atoms with E-state index in [0.29, 0.717) is 32.9 Å². The molecule has 186 valence electrons. The summed E-state index contributed by atoms with van der Waals surface area (Å²) in [5.41, 5.74) is 2.49. The van der Waals surface area contributed by atoms with E-state index in [1.165, 1.54) is 11.1 Å². The Balaban J connectivity index is 0.00000544. The van der Waals surface area contributed by atoms with Crippen LogP contribution in [0, 0.1) is 0 Å². The minimum atomic E-state index is 0. The quantitative estimate of drug-likeness (QED) is 0.134. The molecule has 0 fully saturated rings.